The molecule has 1 heterocycles. The molecule has 0 atom stereocenters. The van der Waals surface area contributed by atoms with Crippen molar-refractivity contribution >= 4 is 0 Å². The zero-order valence-corrected chi connectivity index (χ0v) is 9.28. The molecule has 2 aromatic rings. The third kappa shape index (κ3) is 0.916. The van der Waals surface area contributed by atoms with Gasteiger partial charge in [-0.1, -0.05) is 38.1 Å². The molecule has 0 saturated heterocycles. The molecule has 0 spiro atoms. The van der Waals surface area contributed by atoms with Crippen molar-refractivity contribution in [1.29, 1.82) is 0 Å². The Bertz CT molecular complexity index is 535. The summed E-state index contributed by atoms with van der Waals surface area (Å²) in [5.41, 5.74) is 5.45. The second-order valence-electron chi connectivity index (χ2n) is 4.70. The molecule has 0 amide bonds. The predicted molar refractivity (Wildman–Crippen MR) is 60.8 cm³/mol. The maximum Gasteiger partial charge on any atom is 0.0722 e. The molecule has 0 saturated carbocycles. The number of hydrogen-bond acceptors (Lipinski definition) is 1. The van der Waals surface area contributed by atoms with Crippen molar-refractivity contribution in [3.8, 4) is 11.3 Å². The number of aromatic nitrogens is 2. The Balaban J connectivity index is 2.44. The number of nitrogens with zero attached hydrogens (tertiary/aromatic N) is 2. The van der Waals surface area contributed by atoms with Gasteiger partial charge in [0.25, 0.3) is 0 Å². The monoisotopic (exact) mass is 198 g/mol. The molecule has 2 heteroatoms. The van der Waals surface area contributed by atoms with E-state index in [9.17, 15) is 0 Å². The van der Waals surface area contributed by atoms with Crippen LogP contribution in [0.25, 0.3) is 11.3 Å². The molecule has 1 aliphatic carbocycles. The summed E-state index contributed by atoms with van der Waals surface area (Å²) in [5, 5.41) is 4.35. The lowest BCUT2D eigenvalue weighted by Gasteiger charge is -2.19. The van der Waals surface area contributed by atoms with Crippen LogP contribution in [0.3, 0.4) is 0 Å². The Kier molecular flexibility index (Phi) is 1.46. The zero-order chi connectivity index (χ0) is 10.6. The Hall–Kier alpha value is -1.57. The van der Waals surface area contributed by atoms with Crippen LogP contribution in [-0.2, 0) is 12.5 Å². The van der Waals surface area contributed by atoms with Gasteiger partial charge in [-0.2, -0.15) is 5.10 Å². The van der Waals surface area contributed by atoms with E-state index in [1.54, 1.807) is 0 Å². The lowest BCUT2D eigenvalue weighted by molar-refractivity contribution is 0.660. The van der Waals surface area contributed by atoms with E-state index in [0.29, 0.717) is 0 Å². The van der Waals surface area contributed by atoms with Crippen LogP contribution in [0, 0.1) is 0 Å². The summed E-state index contributed by atoms with van der Waals surface area (Å²) >= 11 is 0. The molecule has 0 unspecified atom stereocenters. The second-order valence-corrected chi connectivity index (χ2v) is 4.70. The SMILES string of the molecule is Cn1ncc2c1-c1ccccc1C2(C)C. The number of rotatable bonds is 0. The molecule has 0 bridgehead atoms. The van der Waals surface area contributed by atoms with Crippen molar-refractivity contribution < 1.29 is 0 Å². The molecule has 76 valence electrons. The summed E-state index contributed by atoms with van der Waals surface area (Å²) < 4.78 is 1.98. The fourth-order valence-corrected chi connectivity index (χ4v) is 2.59. The van der Waals surface area contributed by atoms with Crippen LogP contribution >= 0.6 is 0 Å². The third-order valence-electron chi connectivity index (χ3n) is 3.47. The van der Waals surface area contributed by atoms with Crippen molar-refractivity contribution in [2.75, 3.05) is 0 Å². The van der Waals surface area contributed by atoms with E-state index in [4.69, 9.17) is 0 Å². The van der Waals surface area contributed by atoms with Gasteiger partial charge >= 0.3 is 0 Å². The van der Waals surface area contributed by atoms with E-state index in [0.717, 1.165) is 0 Å². The molecule has 1 aromatic heterocycles. The number of hydrogen-bond donors (Lipinski definition) is 0. The van der Waals surface area contributed by atoms with Gasteiger partial charge in [-0.15, -0.1) is 0 Å². The highest BCUT2D eigenvalue weighted by Gasteiger charge is 2.37. The molecule has 0 N–H and O–H groups in total. The van der Waals surface area contributed by atoms with Gasteiger partial charge in [-0.3, -0.25) is 4.68 Å². The molecular weight excluding hydrogens is 184 g/mol. The minimum absolute atomic E-state index is 0.0974. The predicted octanol–water partition coefficient (Wildman–Crippen LogP) is 2.73. The van der Waals surface area contributed by atoms with E-state index in [1.165, 1.54) is 22.4 Å². The van der Waals surface area contributed by atoms with Gasteiger partial charge in [0.05, 0.1) is 11.9 Å². The molecule has 0 radical (unpaired) electrons. The standard InChI is InChI=1S/C13H14N2/c1-13(2)10-7-5-4-6-9(10)12-11(13)8-14-15(12)3/h4-8H,1-3H3. The number of aryl methyl sites for hydroxylation is 1. The third-order valence-corrected chi connectivity index (χ3v) is 3.47. The van der Waals surface area contributed by atoms with Gasteiger partial charge in [-0.05, 0) is 5.56 Å². The Morgan fingerprint density at radius 1 is 1.13 bits per heavy atom. The Morgan fingerprint density at radius 2 is 1.87 bits per heavy atom. The van der Waals surface area contributed by atoms with Crippen LogP contribution < -0.4 is 0 Å². The molecule has 1 aromatic carbocycles. The van der Waals surface area contributed by atoms with Crippen LogP contribution in [0.5, 0.6) is 0 Å². The molecule has 0 fully saturated rings. The average molecular weight is 198 g/mol. The van der Waals surface area contributed by atoms with Gasteiger partial charge in [0.15, 0.2) is 0 Å². The van der Waals surface area contributed by atoms with Crippen molar-refractivity contribution in [2.45, 2.75) is 19.3 Å². The summed E-state index contributed by atoms with van der Waals surface area (Å²) in [6, 6.07) is 8.61. The summed E-state index contributed by atoms with van der Waals surface area (Å²) in [6.07, 6.45) is 2.00. The Labute approximate surface area is 89.5 Å². The quantitative estimate of drug-likeness (QED) is 0.636. The normalized spacial score (nSPS) is 16.2. The highest BCUT2D eigenvalue weighted by atomic mass is 15.3. The Morgan fingerprint density at radius 3 is 2.67 bits per heavy atom. The second kappa shape index (κ2) is 2.51. The topological polar surface area (TPSA) is 17.8 Å². The molecule has 1 aliphatic rings. The molecule has 15 heavy (non-hydrogen) atoms. The van der Waals surface area contributed by atoms with Crippen molar-refractivity contribution in [3.05, 3.63) is 41.6 Å². The average Bonchev–Trinajstić information content (AvgIpc) is 2.69. The van der Waals surface area contributed by atoms with E-state index in [1.807, 2.05) is 17.9 Å². The van der Waals surface area contributed by atoms with Crippen molar-refractivity contribution in [2.24, 2.45) is 7.05 Å². The largest absolute Gasteiger partial charge is 0.268 e. The fraction of sp³-hybridized carbons (Fsp3) is 0.308. The van der Waals surface area contributed by atoms with E-state index in [2.05, 4.69) is 43.2 Å². The zero-order valence-electron chi connectivity index (χ0n) is 9.28. The van der Waals surface area contributed by atoms with Crippen LogP contribution in [0.15, 0.2) is 30.5 Å². The maximum absolute atomic E-state index is 4.35. The summed E-state index contributed by atoms with van der Waals surface area (Å²) in [5.74, 6) is 0. The number of benzene rings is 1. The van der Waals surface area contributed by atoms with E-state index < -0.39 is 0 Å². The molecule has 3 rings (SSSR count). The molecule has 0 aliphatic heterocycles. The highest BCUT2D eigenvalue weighted by Crippen LogP contribution is 2.47. The van der Waals surface area contributed by atoms with Gasteiger partial charge in [0.1, 0.15) is 0 Å². The first-order valence-corrected chi connectivity index (χ1v) is 5.25. The molecular formula is C13H14N2. The van der Waals surface area contributed by atoms with Crippen LogP contribution in [-0.4, -0.2) is 9.78 Å². The summed E-state index contributed by atoms with van der Waals surface area (Å²) in [6.45, 7) is 4.53. The lowest BCUT2D eigenvalue weighted by atomic mass is 9.83. The molecule has 2 nitrogen and oxygen atoms in total. The summed E-state index contributed by atoms with van der Waals surface area (Å²) in [4.78, 5) is 0. The van der Waals surface area contributed by atoms with Crippen molar-refractivity contribution in [3.63, 3.8) is 0 Å². The van der Waals surface area contributed by atoms with Gasteiger partial charge in [0.2, 0.25) is 0 Å². The van der Waals surface area contributed by atoms with Gasteiger partial charge < -0.3 is 0 Å². The number of fused-ring (bicyclic) bond motifs is 3. The highest BCUT2D eigenvalue weighted by molar-refractivity contribution is 5.77. The first kappa shape index (κ1) is 8.72. The van der Waals surface area contributed by atoms with Crippen LogP contribution in [0.1, 0.15) is 25.0 Å². The first-order chi connectivity index (χ1) is 7.12. The van der Waals surface area contributed by atoms with E-state index >= 15 is 0 Å². The minimum atomic E-state index is 0.0974. The van der Waals surface area contributed by atoms with E-state index in [-0.39, 0.29) is 5.41 Å². The van der Waals surface area contributed by atoms with Crippen LogP contribution in [0.4, 0.5) is 0 Å². The van der Waals surface area contributed by atoms with Crippen molar-refractivity contribution in [1.82, 2.24) is 9.78 Å². The maximum atomic E-state index is 4.35. The lowest BCUT2D eigenvalue weighted by Crippen LogP contribution is -2.14. The smallest absolute Gasteiger partial charge is 0.0722 e. The van der Waals surface area contributed by atoms with Gasteiger partial charge in [0, 0.05) is 23.6 Å². The first-order valence-electron chi connectivity index (χ1n) is 5.25. The van der Waals surface area contributed by atoms with Crippen LogP contribution in [0.2, 0.25) is 0 Å². The fourth-order valence-electron chi connectivity index (χ4n) is 2.59. The van der Waals surface area contributed by atoms with Gasteiger partial charge in [-0.25, -0.2) is 0 Å². The minimum Gasteiger partial charge on any atom is -0.268 e. The summed E-state index contributed by atoms with van der Waals surface area (Å²) in [7, 11) is 2.01.